The molecule has 1 atom stereocenters. The number of benzene rings is 1. The summed E-state index contributed by atoms with van der Waals surface area (Å²) < 4.78 is 0. The molecule has 1 aromatic carbocycles. The molecule has 148 valence electrons. The Labute approximate surface area is 159 Å². The lowest BCUT2D eigenvalue weighted by atomic mass is 9.94. The number of guanidine groups is 1. The van der Waals surface area contributed by atoms with E-state index >= 15 is 0 Å². The summed E-state index contributed by atoms with van der Waals surface area (Å²) in [6.07, 6.45) is 2.88. The molecule has 0 saturated carbocycles. The standard InChI is InChI=1S/C21H38N4O/c1-6-22-21(24-16-19(12-14-26)15-17(2)3)23-13-11-18-7-9-20(10-8-18)25(4)5/h7-10,17,19,26H,6,11-16H2,1-5H3,(H2,22,23,24). The lowest BCUT2D eigenvalue weighted by Gasteiger charge is -2.17. The lowest BCUT2D eigenvalue weighted by molar-refractivity contribution is 0.245. The smallest absolute Gasteiger partial charge is 0.191 e. The number of rotatable bonds is 11. The van der Waals surface area contributed by atoms with E-state index in [2.05, 4.69) is 74.7 Å². The van der Waals surface area contributed by atoms with Crippen LogP contribution in [0.1, 0.15) is 39.2 Å². The minimum atomic E-state index is 0.236. The van der Waals surface area contributed by atoms with E-state index in [-0.39, 0.29) is 6.61 Å². The first-order valence-electron chi connectivity index (χ1n) is 9.85. The van der Waals surface area contributed by atoms with Gasteiger partial charge in [0.05, 0.1) is 0 Å². The predicted molar refractivity (Wildman–Crippen MR) is 113 cm³/mol. The summed E-state index contributed by atoms with van der Waals surface area (Å²) in [5.41, 5.74) is 2.54. The summed E-state index contributed by atoms with van der Waals surface area (Å²) in [5, 5.41) is 16.0. The van der Waals surface area contributed by atoms with Gasteiger partial charge in [0.25, 0.3) is 0 Å². The summed E-state index contributed by atoms with van der Waals surface area (Å²) in [6.45, 7) is 9.21. The Kier molecular flexibility index (Phi) is 10.8. The largest absolute Gasteiger partial charge is 0.396 e. The Hall–Kier alpha value is -1.75. The molecule has 0 aliphatic heterocycles. The molecular weight excluding hydrogens is 324 g/mol. The zero-order valence-electron chi connectivity index (χ0n) is 17.3. The molecule has 0 aliphatic carbocycles. The molecule has 0 bridgehead atoms. The van der Waals surface area contributed by atoms with Gasteiger partial charge in [-0.3, -0.25) is 4.99 Å². The molecule has 5 heteroatoms. The second-order valence-corrected chi connectivity index (χ2v) is 7.47. The fourth-order valence-corrected chi connectivity index (χ4v) is 2.98. The fourth-order valence-electron chi connectivity index (χ4n) is 2.98. The van der Waals surface area contributed by atoms with E-state index in [1.807, 2.05) is 0 Å². The van der Waals surface area contributed by atoms with Crippen LogP contribution in [-0.2, 0) is 6.42 Å². The zero-order chi connectivity index (χ0) is 19.4. The molecule has 0 radical (unpaired) electrons. The summed E-state index contributed by atoms with van der Waals surface area (Å²) >= 11 is 0. The van der Waals surface area contributed by atoms with Gasteiger partial charge in [0.1, 0.15) is 0 Å². The van der Waals surface area contributed by atoms with Crippen LogP contribution < -0.4 is 15.5 Å². The van der Waals surface area contributed by atoms with Crippen LogP contribution in [0.25, 0.3) is 0 Å². The summed E-state index contributed by atoms with van der Waals surface area (Å²) in [4.78, 5) is 6.84. The number of hydrogen-bond donors (Lipinski definition) is 3. The second kappa shape index (κ2) is 12.6. The second-order valence-electron chi connectivity index (χ2n) is 7.47. The molecule has 0 spiro atoms. The highest BCUT2D eigenvalue weighted by Crippen LogP contribution is 2.15. The first-order chi connectivity index (χ1) is 12.5. The Morgan fingerprint density at radius 1 is 1.15 bits per heavy atom. The van der Waals surface area contributed by atoms with Gasteiger partial charge >= 0.3 is 0 Å². The molecule has 0 saturated heterocycles. The maximum Gasteiger partial charge on any atom is 0.191 e. The third-order valence-electron chi connectivity index (χ3n) is 4.35. The van der Waals surface area contributed by atoms with Gasteiger partial charge in [-0.05, 0) is 55.7 Å². The minimum Gasteiger partial charge on any atom is -0.396 e. The van der Waals surface area contributed by atoms with Crippen molar-refractivity contribution in [2.45, 2.75) is 40.0 Å². The number of aliphatic hydroxyl groups is 1. The highest BCUT2D eigenvalue weighted by molar-refractivity contribution is 5.79. The molecule has 3 N–H and O–H groups in total. The normalized spacial score (nSPS) is 13.0. The van der Waals surface area contributed by atoms with E-state index in [1.165, 1.54) is 11.3 Å². The van der Waals surface area contributed by atoms with Gasteiger partial charge in [-0.2, -0.15) is 0 Å². The molecule has 5 nitrogen and oxygen atoms in total. The van der Waals surface area contributed by atoms with Crippen molar-refractivity contribution in [2.75, 3.05) is 45.2 Å². The Bertz CT molecular complexity index is 511. The van der Waals surface area contributed by atoms with Gasteiger partial charge in [0.15, 0.2) is 5.96 Å². The van der Waals surface area contributed by atoms with Crippen molar-refractivity contribution in [2.24, 2.45) is 16.8 Å². The highest BCUT2D eigenvalue weighted by atomic mass is 16.3. The Balaban J connectivity index is 2.52. The maximum absolute atomic E-state index is 9.26. The summed E-state index contributed by atoms with van der Waals surface area (Å²) in [5.74, 6) is 1.93. The quantitative estimate of drug-likeness (QED) is 0.418. The average Bonchev–Trinajstić information content (AvgIpc) is 2.59. The summed E-state index contributed by atoms with van der Waals surface area (Å²) in [7, 11) is 4.11. The van der Waals surface area contributed by atoms with Crippen molar-refractivity contribution < 1.29 is 5.11 Å². The SMILES string of the molecule is CCNC(=NCC(CCO)CC(C)C)NCCc1ccc(N(C)C)cc1. The molecule has 0 aliphatic rings. The van der Waals surface area contributed by atoms with E-state index in [9.17, 15) is 5.11 Å². The number of aliphatic imine (C=N–C) groups is 1. The van der Waals surface area contributed by atoms with Crippen LogP contribution in [0.2, 0.25) is 0 Å². The topological polar surface area (TPSA) is 59.9 Å². The first-order valence-corrected chi connectivity index (χ1v) is 9.85. The van der Waals surface area contributed by atoms with Crippen LogP contribution in [0.5, 0.6) is 0 Å². The van der Waals surface area contributed by atoms with Crippen molar-refractivity contribution in [1.82, 2.24) is 10.6 Å². The van der Waals surface area contributed by atoms with Gasteiger partial charge in [-0.25, -0.2) is 0 Å². The molecule has 0 fully saturated rings. The molecular formula is C21H38N4O. The molecule has 0 heterocycles. The van der Waals surface area contributed by atoms with Crippen LogP contribution in [0.3, 0.4) is 0 Å². The van der Waals surface area contributed by atoms with Gasteiger partial charge in [-0.15, -0.1) is 0 Å². The van der Waals surface area contributed by atoms with Gasteiger partial charge in [0.2, 0.25) is 0 Å². The number of nitrogens with zero attached hydrogens (tertiary/aromatic N) is 2. The average molecular weight is 363 g/mol. The first kappa shape index (κ1) is 22.3. The zero-order valence-corrected chi connectivity index (χ0v) is 17.3. The molecule has 1 unspecified atom stereocenters. The molecule has 0 aromatic heterocycles. The maximum atomic E-state index is 9.26. The van der Waals surface area contributed by atoms with Crippen molar-refractivity contribution in [3.8, 4) is 0 Å². The Morgan fingerprint density at radius 2 is 1.85 bits per heavy atom. The van der Waals surface area contributed by atoms with Crippen LogP contribution in [0, 0.1) is 11.8 Å². The number of aliphatic hydroxyl groups excluding tert-OH is 1. The third-order valence-corrected chi connectivity index (χ3v) is 4.35. The number of anilines is 1. The van der Waals surface area contributed by atoms with E-state index in [4.69, 9.17) is 4.99 Å². The molecule has 1 aromatic rings. The van der Waals surface area contributed by atoms with Crippen LogP contribution in [0.15, 0.2) is 29.3 Å². The van der Waals surface area contributed by atoms with Gasteiger partial charge in [-0.1, -0.05) is 26.0 Å². The van der Waals surface area contributed by atoms with E-state index < -0.39 is 0 Å². The minimum absolute atomic E-state index is 0.236. The molecule has 26 heavy (non-hydrogen) atoms. The van der Waals surface area contributed by atoms with Crippen LogP contribution in [-0.4, -0.2) is 51.4 Å². The monoisotopic (exact) mass is 362 g/mol. The van der Waals surface area contributed by atoms with Crippen molar-refractivity contribution in [3.63, 3.8) is 0 Å². The highest BCUT2D eigenvalue weighted by Gasteiger charge is 2.10. The fraction of sp³-hybridized carbons (Fsp3) is 0.667. The van der Waals surface area contributed by atoms with Gasteiger partial charge < -0.3 is 20.6 Å². The predicted octanol–water partition coefficient (Wildman–Crippen LogP) is 2.89. The van der Waals surface area contributed by atoms with Crippen molar-refractivity contribution >= 4 is 11.6 Å². The summed E-state index contributed by atoms with van der Waals surface area (Å²) in [6, 6.07) is 8.67. The molecule has 1 rings (SSSR count). The number of nitrogens with one attached hydrogen (secondary N) is 2. The van der Waals surface area contributed by atoms with E-state index in [0.29, 0.717) is 11.8 Å². The lowest BCUT2D eigenvalue weighted by Crippen LogP contribution is -2.38. The van der Waals surface area contributed by atoms with E-state index in [0.717, 1.165) is 44.9 Å². The van der Waals surface area contributed by atoms with Crippen molar-refractivity contribution in [3.05, 3.63) is 29.8 Å². The van der Waals surface area contributed by atoms with Crippen molar-refractivity contribution in [1.29, 1.82) is 0 Å². The van der Waals surface area contributed by atoms with Gasteiger partial charge in [0, 0.05) is 46.0 Å². The third kappa shape index (κ3) is 9.09. The molecule has 0 amide bonds. The van der Waals surface area contributed by atoms with Crippen LogP contribution >= 0.6 is 0 Å². The van der Waals surface area contributed by atoms with E-state index in [1.54, 1.807) is 0 Å². The number of hydrogen-bond acceptors (Lipinski definition) is 3. The Morgan fingerprint density at radius 3 is 2.38 bits per heavy atom. The van der Waals surface area contributed by atoms with Crippen LogP contribution in [0.4, 0.5) is 5.69 Å².